The molecule has 2 N–H and O–H groups in total. The number of hydrogen-bond donors (Lipinski definition) is 2. The number of aliphatic hydroxyl groups is 1. The van der Waals surface area contributed by atoms with Gasteiger partial charge in [0.1, 0.15) is 17.4 Å². The van der Waals surface area contributed by atoms with Gasteiger partial charge >= 0.3 is 0 Å². The Labute approximate surface area is 158 Å². The molecule has 0 aliphatic heterocycles. The molecule has 0 amide bonds. The Kier molecular flexibility index (Phi) is 5.51. The quantitative estimate of drug-likeness (QED) is 0.604. The maximum absolute atomic E-state index is 13.9. The van der Waals surface area contributed by atoms with Gasteiger partial charge < -0.3 is 14.8 Å². The summed E-state index contributed by atoms with van der Waals surface area (Å²) in [4.78, 5) is 3.15. The molecular formula is C22H25F2NO2. The van der Waals surface area contributed by atoms with Crippen LogP contribution in [0.25, 0.3) is 10.9 Å². The number of aromatic nitrogens is 1. The first kappa shape index (κ1) is 19.4. The van der Waals surface area contributed by atoms with Crippen molar-refractivity contribution in [2.24, 2.45) is 0 Å². The normalized spacial score (nSPS) is 14.9. The number of aromatic amines is 1. The number of ether oxygens (including phenoxy) is 1. The van der Waals surface area contributed by atoms with E-state index in [-0.39, 0.29) is 11.6 Å². The van der Waals surface area contributed by atoms with Crippen molar-refractivity contribution >= 4 is 10.9 Å². The molecule has 3 rings (SSSR count). The summed E-state index contributed by atoms with van der Waals surface area (Å²) < 4.78 is 32.9. The van der Waals surface area contributed by atoms with Gasteiger partial charge in [-0.1, -0.05) is 25.1 Å². The number of hydrogen-bond acceptors (Lipinski definition) is 2. The van der Waals surface area contributed by atoms with Crippen molar-refractivity contribution in [2.75, 3.05) is 7.11 Å². The zero-order valence-electron chi connectivity index (χ0n) is 15.9. The van der Waals surface area contributed by atoms with Crippen molar-refractivity contribution in [3.05, 3.63) is 65.4 Å². The maximum atomic E-state index is 13.9. The predicted molar refractivity (Wildman–Crippen MR) is 103 cm³/mol. The summed E-state index contributed by atoms with van der Waals surface area (Å²) in [5, 5.41) is 10.9. The van der Waals surface area contributed by atoms with E-state index < -0.39 is 11.5 Å². The molecule has 1 aromatic heterocycles. The lowest BCUT2D eigenvalue weighted by Crippen LogP contribution is -2.28. The van der Waals surface area contributed by atoms with E-state index in [0.29, 0.717) is 30.5 Å². The molecule has 1 heterocycles. The second kappa shape index (κ2) is 7.69. The first-order valence-electron chi connectivity index (χ1n) is 9.10. The van der Waals surface area contributed by atoms with Crippen LogP contribution in [-0.2, 0) is 11.8 Å². The third-order valence-electron chi connectivity index (χ3n) is 5.17. The molecule has 2 atom stereocenters. The highest BCUT2D eigenvalue weighted by Crippen LogP contribution is 2.39. The van der Waals surface area contributed by atoms with Crippen molar-refractivity contribution < 1.29 is 18.6 Å². The van der Waals surface area contributed by atoms with Crippen molar-refractivity contribution in [1.82, 2.24) is 4.98 Å². The van der Waals surface area contributed by atoms with E-state index in [1.165, 1.54) is 25.3 Å². The number of fused-ring (bicyclic) bond motifs is 1. The maximum Gasteiger partial charge on any atom is 0.147 e. The highest BCUT2D eigenvalue weighted by atomic mass is 19.1. The van der Waals surface area contributed by atoms with Gasteiger partial charge in [0, 0.05) is 22.7 Å². The van der Waals surface area contributed by atoms with Crippen LogP contribution in [0.4, 0.5) is 8.78 Å². The van der Waals surface area contributed by atoms with Crippen LogP contribution in [0.5, 0.6) is 5.75 Å². The van der Waals surface area contributed by atoms with Gasteiger partial charge in [-0.05, 0) is 49.8 Å². The highest BCUT2D eigenvalue weighted by molar-refractivity contribution is 5.80. The fourth-order valence-corrected chi connectivity index (χ4v) is 3.88. The fraction of sp³-hybridized carbons (Fsp3) is 0.364. The number of rotatable bonds is 7. The SMILES string of the molecule is COc1cc(F)ccc1C(C)(CCc1cc2cccc(F)c2[nH]1)CC(C)O. The summed E-state index contributed by atoms with van der Waals surface area (Å²) >= 11 is 0. The molecule has 0 saturated heterocycles. The Morgan fingerprint density at radius 2 is 1.96 bits per heavy atom. The van der Waals surface area contributed by atoms with Crippen molar-refractivity contribution in [1.29, 1.82) is 0 Å². The molecule has 0 saturated carbocycles. The van der Waals surface area contributed by atoms with Gasteiger partial charge in [-0.15, -0.1) is 0 Å². The first-order valence-corrected chi connectivity index (χ1v) is 9.10. The largest absolute Gasteiger partial charge is 0.496 e. The minimum atomic E-state index is -0.523. The van der Waals surface area contributed by atoms with Gasteiger partial charge in [0.05, 0.1) is 18.7 Å². The predicted octanol–water partition coefficient (Wildman–Crippen LogP) is 5.12. The molecule has 2 aromatic carbocycles. The van der Waals surface area contributed by atoms with Crippen LogP contribution in [0, 0.1) is 11.6 Å². The molecule has 0 aliphatic carbocycles. The molecule has 0 fully saturated rings. The third kappa shape index (κ3) is 4.14. The molecule has 0 radical (unpaired) electrons. The number of para-hydroxylation sites is 1. The lowest BCUT2D eigenvalue weighted by molar-refractivity contribution is 0.147. The average molecular weight is 373 g/mol. The topological polar surface area (TPSA) is 45.2 Å². The summed E-state index contributed by atoms with van der Waals surface area (Å²) in [5.74, 6) is -0.160. The molecule has 0 spiro atoms. The lowest BCUT2D eigenvalue weighted by atomic mass is 9.74. The Morgan fingerprint density at radius 3 is 2.63 bits per heavy atom. The van der Waals surface area contributed by atoms with E-state index in [4.69, 9.17) is 4.74 Å². The number of benzene rings is 2. The number of H-pyrrole nitrogens is 1. The second-order valence-corrected chi connectivity index (χ2v) is 7.46. The van der Waals surface area contributed by atoms with Crippen LogP contribution in [0.2, 0.25) is 0 Å². The summed E-state index contributed by atoms with van der Waals surface area (Å²) in [5.41, 5.74) is 1.86. The Bertz CT molecular complexity index is 935. The summed E-state index contributed by atoms with van der Waals surface area (Å²) in [6, 6.07) is 11.4. The van der Waals surface area contributed by atoms with Crippen LogP contribution in [0.15, 0.2) is 42.5 Å². The van der Waals surface area contributed by atoms with Crippen LogP contribution in [-0.4, -0.2) is 23.3 Å². The van der Waals surface area contributed by atoms with E-state index in [9.17, 15) is 13.9 Å². The third-order valence-corrected chi connectivity index (χ3v) is 5.17. The summed E-state index contributed by atoms with van der Waals surface area (Å²) in [7, 11) is 1.52. The van der Waals surface area contributed by atoms with Gasteiger partial charge in [-0.3, -0.25) is 0 Å². The number of halogens is 2. The first-order chi connectivity index (χ1) is 12.8. The van der Waals surface area contributed by atoms with Crippen LogP contribution in [0.1, 0.15) is 37.9 Å². The van der Waals surface area contributed by atoms with E-state index in [1.54, 1.807) is 19.1 Å². The molecule has 3 nitrogen and oxygen atoms in total. The number of aryl methyl sites for hydroxylation is 1. The van der Waals surface area contributed by atoms with Crippen LogP contribution >= 0.6 is 0 Å². The van der Waals surface area contributed by atoms with E-state index in [2.05, 4.69) is 4.98 Å². The zero-order valence-corrected chi connectivity index (χ0v) is 15.9. The lowest BCUT2D eigenvalue weighted by Gasteiger charge is -2.33. The Hall–Kier alpha value is -2.40. The van der Waals surface area contributed by atoms with Gasteiger partial charge in [0.15, 0.2) is 0 Å². The van der Waals surface area contributed by atoms with Crippen LogP contribution < -0.4 is 4.74 Å². The summed E-state index contributed by atoms with van der Waals surface area (Å²) in [6.07, 6.45) is 1.33. The van der Waals surface area contributed by atoms with Gasteiger partial charge in [-0.2, -0.15) is 0 Å². The van der Waals surface area contributed by atoms with E-state index in [1.807, 2.05) is 19.1 Å². The van der Waals surface area contributed by atoms with Gasteiger partial charge in [0.2, 0.25) is 0 Å². The average Bonchev–Trinajstić information content (AvgIpc) is 3.04. The molecular weight excluding hydrogens is 348 g/mol. The molecule has 27 heavy (non-hydrogen) atoms. The Balaban J connectivity index is 1.91. The van der Waals surface area contributed by atoms with E-state index >= 15 is 0 Å². The smallest absolute Gasteiger partial charge is 0.147 e. The molecule has 2 unspecified atom stereocenters. The van der Waals surface area contributed by atoms with Crippen molar-refractivity contribution in [3.8, 4) is 5.75 Å². The Morgan fingerprint density at radius 1 is 1.19 bits per heavy atom. The molecule has 5 heteroatoms. The number of nitrogens with one attached hydrogen (secondary N) is 1. The molecule has 0 bridgehead atoms. The molecule has 3 aromatic rings. The molecule has 0 aliphatic rings. The van der Waals surface area contributed by atoms with E-state index in [0.717, 1.165) is 16.6 Å². The highest BCUT2D eigenvalue weighted by Gasteiger charge is 2.31. The number of aliphatic hydroxyl groups excluding tert-OH is 1. The molecule has 144 valence electrons. The minimum absolute atomic E-state index is 0.273. The van der Waals surface area contributed by atoms with Crippen molar-refractivity contribution in [3.63, 3.8) is 0 Å². The minimum Gasteiger partial charge on any atom is -0.496 e. The monoisotopic (exact) mass is 373 g/mol. The van der Waals surface area contributed by atoms with Crippen LogP contribution in [0.3, 0.4) is 0 Å². The second-order valence-electron chi connectivity index (χ2n) is 7.46. The fourth-order valence-electron chi connectivity index (χ4n) is 3.88. The number of methoxy groups -OCH3 is 1. The van der Waals surface area contributed by atoms with Gasteiger partial charge in [0.25, 0.3) is 0 Å². The summed E-state index contributed by atoms with van der Waals surface area (Å²) in [6.45, 7) is 3.78. The zero-order chi connectivity index (χ0) is 19.6. The standard InChI is InChI=1S/C22H25F2NO2/c1-14(26)13-22(2,18-8-7-16(23)12-20(18)27-3)10-9-17-11-15-5-4-6-19(24)21(15)25-17/h4-8,11-12,14,25-26H,9-10,13H2,1-3H3. The van der Waals surface area contributed by atoms with Gasteiger partial charge in [-0.25, -0.2) is 8.78 Å². The van der Waals surface area contributed by atoms with Crippen molar-refractivity contribution in [2.45, 2.75) is 44.6 Å².